The normalized spacial score (nSPS) is 13.3. The fraction of sp³-hybridized carbons (Fsp3) is 0.394. The van der Waals surface area contributed by atoms with E-state index in [1.807, 2.05) is 82.3 Å². The van der Waals surface area contributed by atoms with Crippen molar-refractivity contribution in [2.45, 2.75) is 65.1 Å². The molecule has 1 aliphatic heterocycles. The summed E-state index contributed by atoms with van der Waals surface area (Å²) >= 11 is 0. The molecule has 0 fully saturated rings. The van der Waals surface area contributed by atoms with Crippen molar-refractivity contribution in [1.82, 2.24) is 10.2 Å². The van der Waals surface area contributed by atoms with Gasteiger partial charge in [0.05, 0.1) is 11.9 Å². The van der Waals surface area contributed by atoms with Crippen molar-refractivity contribution in [2.24, 2.45) is 0 Å². The van der Waals surface area contributed by atoms with Crippen molar-refractivity contribution in [3.8, 4) is 11.5 Å². The Kier molecular flexibility index (Phi) is 10.0. The number of amides is 2. The maximum Gasteiger partial charge on any atom is 0.243 e. The number of aryl methyl sites for hydroxylation is 1. The number of benzene rings is 3. The maximum absolute atomic E-state index is 14.0. The number of ether oxygens (including phenoxy) is 2. The third kappa shape index (κ3) is 8.73. The van der Waals surface area contributed by atoms with Crippen LogP contribution >= 0.6 is 0 Å². The molecule has 3 aromatic rings. The number of rotatable bonds is 12. The molecule has 10 heteroatoms. The SMILES string of the molecule is Cc1ccccc1CN(C(=O)CCCN(c1ccc2c(c1)OCO2)S(C)(=O)=O)[C@H](Cc1ccccc1)C(=O)NC(C)(C)C. The zero-order valence-electron chi connectivity index (χ0n) is 25.5. The highest BCUT2D eigenvalue weighted by Gasteiger charge is 2.32. The Labute approximate surface area is 254 Å². The van der Waals surface area contributed by atoms with Gasteiger partial charge in [-0.3, -0.25) is 13.9 Å². The van der Waals surface area contributed by atoms with Crippen molar-refractivity contribution in [3.05, 3.63) is 89.5 Å². The minimum atomic E-state index is -3.65. The largest absolute Gasteiger partial charge is 0.454 e. The molecule has 9 nitrogen and oxygen atoms in total. The molecule has 0 spiro atoms. The van der Waals surface area contributed by atoms with E-state index in [1.54, 1.807) is 23.1 Å². The van der Waals surface area contributed by atoms with Crippen LogP contribution in [-0.2, 0) is 32.6 Å². The van der Waals surface area contributed by atoms with Gasteiger partial charge in [-0.25, -0.2) is 8.42 Å². The van der Waals surface area contributed by atoms with E-state index >= 15 is 0 Å². The highest BCUT2D eigenvalue weighted by molar-refractivity contribution is 7.92. The minimum absolute atomic E-state index is 0.0521. The van der Waals surface area contributed by atoms with Crippen molar-refractivity contribution in [2.75, 3.05) is 23.9 Å². The van der Waals surface area contributed by atoms with E-state index in [0.717, 1.165) is 22.9 Å². The molecule has 0 bridgehead atoms. The standard InChI is InChI=1S/C33H41N3O6S/c1-24-12-9-10-15-26(24)22-35(28(32(38)34-33(2,3)4)20-25-13-7-6-8-14-25)31(37)16-11-19-36(43(5,39)40)27-17-18-29-30(21-27)42-23-41-29/h6-10,12-15,17-18,21,28H,11,16,19-20,22-23H2,1-5H3,(H,34,38)/t28-/m1/s1. The van der Waals surface area contributed by atoms with Crippen molar-refractivity contribution in [3.63, 3.8) is 0 Å². The first-order valence-corrected chi connectivity index (χ1v) is 16.2. The van der Waals surface area contributed by atoms with Gasteiger partial charge in [0.25, 0.3) is 0 Å². The van der Waals surface area contributed by atoms with E-state index in [9.17, 15) is 18.0 Å². The fourth-order valence-corrected chi connectivity index (χ4v) is 5.98. The number of hydrogen-bond acceptors (Lipinski definition) is 6. The fourth-order valence-electron chi connectivity index (χ4n) is 5.02. The molecule has 0 saturated heterocycles. The Morgan fingerprint density at radius 3 is 2.30 bits per heavy atom. The summed E-state index contributed by atoms with van der Waals surface area (Å²) in [6, 6.07) is 21.6. The van der Waals surface area contributed by atoms with Crippen LogP contribution in [0.4, 0.5) is 5.69 Å². The lowest BCUT2D eigenvalue weighted by atomic mass is 9.99. The van der Waals surface area contributed by atoms with Gasteiger partial charge >= 0.3 is 0 Å². The van der Waals surface area contributed by atoms with Crippen LogP contribution in [0.3, 0.4) is 0 Å². The molecule has 0 aromatic heterocycles. The topological polar surface area (TPSA) is 105 Å². The highest BCUT2D eigenvalue weighted by Crippen LogP contribution is 2.36. The first-order valence-electron chi connectivity index (χ1n) is 14.4. The molecule has 3 aromatic carbocycles. The first kappa shape index (κ1) is 31.9. The van der Waals surface area contributed by atoms with Crippen LogP contribution in [0.15, 0.2) is 72.8 Å². The molecule has 0 aliphatic carbocycles. The van der Waals surface area contributed by atoms with Gasteiger partial charge in [-0.15, -0.1) is 0 Å². The molecular formula is C33H41N3O6S. The average molecular weight is 608 g/mol. The summed E-state index contributed by atoms with van der Waals surface area (Å²) in [6.45, 7) is 8.12. The van der Waals surface area contributed by atoms with Crippen molar-refractivity contribution >= 4 is 27.5 Å². The van der Waals surface area contributed by atoms with E-state index < -0.39 is 21.6 Å². The third-order valence-electron chi connectivity index (χ3n) is 7.17. The van der Waals surface area contributed by atoms with Crippen LogP contribution in [0, 0.1) is 6.92 Å². The molecule has 1 N–H and O–H groups in total. The average Bonchev–Trinajstić information content (AvgIpc) is 3.41. The van der Waals surface area contributed by atoms with Crippen LogP contribution in [0.2, 0.25) is 0 Å². The maximum atomic E-state index is 14.0. The summed E-state index contributed by atoms with van der Waals surface area (Å²) in [7, 11) is -3.65. The smallest absolute Gasteiger partial charge is 0.243 e. The lowest BCUT2D eigenvalue weighted by Gasteiger charge is -2.34. The van der Waals surface area contributed by atoms with Crippen LogP contribution in [0.5, 0.6) is 11.5 Å². The second-order valence-electron chi connectivity index (χ2n) is 11.9. The summed E-state index contributed by atoms with van der Waals surface area (Å²) < 4.78 is 37.6. The number of carbonyl (C=O) groups excluding carboxylic acids is 2. The van der Waals surface area contributed by atoms with Gasteiger partial charge in [-0.2, -0.15) is 0 Å². The molecule has 0 unspecified atom stereocenters. The molecule has 4 rings (SSSR count). The van der Waals surface area contributed by atoms with E-state index in [0.29, 0.717) is 23.6 Å². The monoisotopic (exact) mass is 607 g/mol. The Bertz CT molecular complexity index is 1540. The second kappa shape index (κ2) is 13.5. The Balaban J connectivity index is 1.60. The Morgan fingerprint density at radius 1 is 0.953 bits per heavy atom. The van der Waals surface area contributed by atoms with Crippen LogP contribution < -0.4 is 19.1 Å². The zero-order chi connectivity index (χ0) is 31.2. The Hall–Kier alpha value is -4.05. The van der Waals surface area contributed by atoms with Gasteiger partial charge < -0.3 is 19.7 Å². The number of fused-ring (bicyclic) bond motifs is 1. The van der Waals surface area contributed by atoms with Gasteiger partial charge in [0, 0.05) is 37.5 Å². The summed E-state index contributed by atoms with van der Waals surface area (Å²) in [6.07, 6.45) is 1.78. The summed E-state index contributed by atoms with van der Waals surface area (Å²) in [5.74, 6) is 0.557. The highest BCUT2D eigenvalue weighted by atomic mass is 32.2. The van der Waals surface area contributed by atoms with Gasteiger partial charge in [0.15, 0.2) is 11.5 Å². The quantitative estimate of drug-likeness (QED) is 0.317. The van der Waals surface area contributed by atoms with E-state index in [1.165, 1.54) is 4.31 Å². The summed E-state index contributed by atoms with van der Waals surface area (Å²) in [5.41, 5.74) is 2.83. The van der Waals surface area contributed by atoms with Gasteiger partial charge in [-0.1, -0.05) is 54.6 Å². The number of nitrogens with zero attached hydrogens (tertiary/aromatic N) is 2. The van der Waals surface area contributed by atoms with Crippen molar-refractivity contribution < 1.29 is 27.5 Å². The van der Waals surface area contributed by atoms with Crippen molar-refractivity contribution in [1.29, 1.82) is 0 Å². The number of anilines is 1. The lowest BCUT2D eigenvalue weighted by Crippen LogP contribution is -2.54. The molecule has 0 saturated carbocycles. The molecule has 2 amide bonds. The molecule has 230 valence electrons. The van der Waals surface area contributed by atoms with Crippen LogP contribution in [-0.4, -0.2) is 56.3 Å². The zero-order valence-corrected chi connectivity index (χ0v) is 26.3. The number of hydrogen-bond donors (Lipinski definition) is 1. The van der Waals surface area contributed by atoms with Gasteiger partial charge in [0.1, 0.15) is 6.04 Å². The predicted octanol–water partition coefficient (Wildman–Crippen LogP) is 4.82. The molecule has 1 aliphatic rings. The van der Waals surface area contributed by atoms with E-state index in [-0.39, 0.29) is 44.5 Å². The molecule has 43 heavy (non-hydrogen) atoms. The van der Waals surface area contributed by atoms with Gasteiger partial charge in [-0.05, 0) is 62.9 Å². The summed E-state index contributed by atoms with van der Waals surface area (Å²) in [4.78, 5) is 29.4. The second-order valence-corrected chi connectivity index (χ2v) is 13.8. The van der Waals surface area contributed by atoms with Crippen LogP contribution in [0.1, 0.15) is 50.3 Å². The lowest BCUT2D eigenvalue weighted by molar-refractivity contribution is -0.142. The molecule has 0 radical (unpaired) electrons. The number of nitrogens with one attached hydrogen (secondary N) is 1. The molecule has 1 heterocycles. The predicted molar refractivity (Wildman–Crippen MR) is 168 cm³/mol. The van der Waals surface area contributed by atoms with E-state index in [4.69, 9.17) is 9.47 Å². The molecular weight excluding hydrogens is 566 g/mol. The van der Waals surface area contributed by atoms with Crippen LogP contribution in [0.25, 0.3) is 0 Å². The Morgan fingerprint density at radius 2 is 1.63 bits per heavy atom. The molecule has 1 atom stereocenters. The number of sulfonamides is 1. The van der Waals surface area contributed by atoms with Gasteiger partial charge in [0.2, 0.25) is 28.6 Å². The number of carbonyl (C=O) groups is 2. The minimum Gasteiger partial charge on any atom is -0.454 e. The van der Waals surface area contributed by atoms with E-state index in [2.05, 4.69) is 5.32 Å². The first-order chi connectivity index (χ1) is 20.3. The summed E-state index contributed by atoms with van der Waals surface area (Å²) in [5, 5.41) is 3.07. The third-order valence-corrected chi connectivity index (χ3v) is 8.36.